The van der Waals surface area contributed by atoms with Gasteiger partial charge < -0.3 is 28.5 Å². The number of aromatic amines is 2. The van der Waals surface area contributed by atoms with Crippen LogP contribution in [0, 0.1) is 55.2 Å². The summed E-state index contributed by atoms with van der Waals surface area (Å²) in [6.45, 7) is 31.7. The largest absolute Gasteiger partial charge is 0.408 e. The molecule has 2 aliphatic heterocycles. The second-order valence-corrected chi connectivity index (χ2v) is 37.9. The summed E-state index contributed by atoms with van der Waals surface area (Å²) in [4.78, 5) is 96.3. The van der Waals surface area contributed by atoms with Gasteiger partial charge in [-0.25, -0.2) is 27.8 Å². The van der Waals surface area contributed by atoms with Crippen molar-refractivity contribution in [2.24, 2.45) is 23.7 Å². The molecule has 4 aromatic heterocycles. The van der Waals surface area contributed by atoms with Gasteiger partial charge in [-0.05, 0) is 74.7 Å². The van der Waals surface area contributed by atoms with Crippen molar-refractivity contribution in [2.45, 2.75) is 189 Å². The molecule has 8 N–H and O–H groups in total. The van der Waals surface area contributed by atoms with E-state index in [2.05, 4.69) is 77.2 Å². The number of carbonyl (C=O) groups excluding carboxylic acids is 4. The van der Waals surface area contributed by atoms with Crippen LogP contribution in [0.15, 0.2) is 22.2 Å². The molecule has 91 heavy (non-hydrogen) atoms. The second kappa shape index (κ2) is 33.2. The van der Waals surface area contributed by atoms with E-state index in [-0.39, 0.29) is 57.1 Å². The van der Waals surface area contributed by atoms with Gasteiger partial charge in [0.1, 0.15) is 18.3 Å². The Morgan fingerprint density at radius 1 is 0.670 bits per heavy atom. The van der Waals surface area contributed by atoms with Crippen LogP contribution in [0.25, 0.3) is 22.3 Å². The molecule has 506 valence electrons. The standard InChI is InChI=1S/C24H40N6O9SSi.C24H40N6O8SSi.C6I2.CH4O/c1-12(2)19(32)27-23-26-18-15(21(34)28-23)25-11-30(18)22-17(38-40(35,36)29-20(33)13(3)4)16(14(10-31)37-22)39-41(8,9)24(5,6)7;1-12(2)19(31)27-23-26-18-15(21(33)28-23)25-11-30(18)22-17(37-39(34,35)29-20(32)13(3)4)16(14(5)36-22)38-40(9,10)24(6,7)8;7-5-3-1-2-4-6-8;1-2/h11-14,16-17,22,31H,10H2,1-9H3,(H,29,33)(H2,26,27,28,32,34);11-14,16-17,22H,1-10H3,(H,29,32)(H2,26,27,28,31,33);;2H,1H3/i;5D;;2T. The Hall–Kier alpha value is -5.27. The molecular weight excluding hydrogens is 1490 g/mol. The molecule has 4 aromatic rings. The Balaban J connectivity index is 0.000000418. The number of H-pyrrole nitrogens is 2. The Bertz CT molecular complexity index is 3600. The first kappa shape index (κ1) is 76.4. The smallest absolute Gasteiger partial charge is 0.362 e. The third-order valence-electron chi connectivity index (χ3n) is 14.4. The number of anilines is 2. The summed E-state index contributed by atoms with van der Waals surface area (Å²) < 4.78 is 114. The van der Waals surface area contributed by atoms with E-state index in [1.807, 2.05) is 122 Å². The van der Waals surface area contributed by atoms with E-state index >= 15 is 0 Å². The van der Waals surface area contributed by atoms with Crippen LogP contribution in [0.2, 0.25) is 36.3 Å². The van der Waals surface area contributed by atoms with Gasteiger partial charge in [0, 0.05) is 77.3 Å². The lowest BCUT2D eigenvalue weighted by Crippen LogP contribution is -2.51. The summed E-state index contributed by atoms with van der Waals surface area (Å²) in [6, 6.07) is 0. The van der Waals surface area contributed by atoms with Crippen LogP contribution in [0.5, 0.6) is 0 Å². The number of imidazole rings is 2. The van der Waals surface area contributed by atoms with Gasteiger partial charge in [-0.15, -0.1) is 0 Å². The zero-order chi connectivity index (χ0) is 71.1. The SMILES string of the molecule is CC(C)C(=O)Nc1nc2c(ncn2C2OC(CO)C(O[Si](C)(C)C(C)(C)C)C2OS(=O)(=O)NC(=O)C(C)C)c(=O)[nH]1.IC#CC#CC#CI.[2H]CC1OC(n2cnc3c(=O)[nH]c(NC(=O)C(C)C)nc32)C(OS(=O)(=O)NC(=O)C(C)C)C1O[Si](C)(C)C(C)(C)C.[3H]OC. The Morgan fingerprint density at radius 3 is 1.35 bits per heavy atom. The quantitative estimate of drug-likeness (QED) is 0.0339. The van der Waals surface area contributed by atoms with Crippen LogP contribution < -0.4 is 31.2 Å². The van der Waals surface area contributed by atoms with Gasteiger partial charge >= 0.3 is 20.6 Å². The van der Waals surface area contributed by atoms with Crippen LogP contribution in [0.3, 0.4) is 0 Å². The van der Waals surface area contributed by atoms with E-state index < -0.39 is 145 Å². The van der Waals surface area contributed by atoms with Crippen molar-refractivity contribution >= 4 is 140 Å². The van der Waals surface area contributed by atoms with E-state index in [0.717, 1.165) is 0 Å². The molecule has 0 spiro atoms. The average molecular weight is 1580 g/mol. The normalized spacial score (nSPS) is 20.4. The summed E-state index contributed by atoms with van der Waals surface area (Å²) in [5.74, 6) is 5.47. The molecule has 6 heterocycles. The average Bonchev–Trinajstić information content (AvgIpc) is 1.64. The predicted octanol–water partition coefficient (Wildman–Crippen LogP) is 5.21. The molecule has 0 saturated carbocycles. The number of aliphatic hydroxyl groups is 2. The highest BCUT2D eigenvalue weighted by molar-refractivity contribution is 14.1. The van der Waals surface area contributed by atoms with Crippen molar-refractivity contribution < 1.29 is 74.3 Å². The molecule has 2 saturated heterocycles. The highest BCUT2D eigenvalue weighted by atomic mass is 127. The lowest BCUT2D eigenvalue weighted by atomic mass is 10.1. The van der Waals surface area contributed by atoms with Gasteiger partial charge in [0.05, 0.1) is 25.4 Å². The molecule has 36 heteroatoms. The molecule has 6 rings (SSSR count). The van der Waals surface area contributed by atoms with Gasteiger partial charge in [-0.1, -0.05) is 96.9 Å². The predicted molar refractivity (Wildman–Crippen MR) is 361 cm³/mol. The van der Waals surface area contributed by atoms with Crippen molar-refractivity contribution in [1.29, 1.82) is 1.43 Å². The number of aliphatic hydroxyl groups excluding tert-OH is 2. The number of carbonyl (C=O) groups is 4. The summed E-state index contributed by atoms with van der Waals surface area (Å²) in [5.41, 5.74) is -1.58. The number of halogens is 2. The zero-order valence-corrected chi connectivity index (χ0v) is 62.1. The molecule has 0 bridgehead atoms. The third kappa shape index (κ3) is 21.6. The van der Waals surface area contributed by atoms with Crippen molar-refractivity contribution in [2.75, 3.05) is 24.4 Å². The number of fused-ring (bicyclic) bond motifs is 2. The molecule has 30 nitrogen and oxygen atoms in total. The number of rotatable bonds is 19. The summed E-state index contributed by atoms with van der Waals surface area (Å²) in [7, 11) is -13.3. The topological polar surface area (TPSA) is 408 Å². The number of nitrogens with one attached hydrogen (secondary N) is 6. The van der Waals surface area contributed by atoms with E-state index in [4.69, 9.17) is 29.5 Å². The molecule has 2 fully saturated rings. The molecule has 0 radical (unpaired) electrons. The van der Waals surface area contributed by atoms with Crippen LogP contribution in [-0.2, 0) is 66.5 Å². The maximum Gasteiger partial charge on any atom is 0.362 e. The van der Waals surface area contributed by atoms with Gasteiger partial charge in [0.25, 0.3) is 11.1 Å². The monoisotopic (exact) mass is 1580 g/mol. The molecule has 0 aliphatic carbocycles. The molecule has 4 amide bonds. The first-order valence-corrected chi connectivity index (χ1v) is 39.0. The number of ether oxygens (including phenoxy) is 2. The van der Waals surface area contributed by atoms with Crippen molar-refractivity contribution in [3.8, 4) is 31.5 Å². The molecule has 8 unspecified atom stereocenters. The van der Waals surface area contributed by atoms with Gasteiger partial charge in [0.2, 0.25) is 37.0 Å². The minimum atomic E-state index is -4.69. The van der Waals surface area contributed by atoms with Crippen molar-refractivity contribution in [1.82, 2.24) is 48.5 Å². The maximum atomic E-state index is 13.0. The lowest BCUT2D eigenvalue weighted by molar-refractivity contribution is -0.123. The third-order valence-corrected chi connectivity index (χ3v) is 25.8. The molecular formula is C55H84I2N12O18S2Si2. The highest BCUT2D eigenvalue weighted by Crippen LogP contribution is 2.45. The summed E-state index contributed by atoms with van der Waals surface area (Å²) in [6.07, 6.45) is -7.11. The Labute approximate surface area is 562 Å². The maximum absolute atomic E-state index is 13.0. The molecule has 8 atom stereocenters. The van der Waals surface area contributed by atoms with Crippen LogP contribution >= 0.6 is 45.2 Å². The van der Waals surface area contributed by atoms with Crippen LogP contribution in [-0.4, -0.2) is 158 Å². The zero-order valence-electron chi connectivity index (χ0n) is 56.1. The Kier molecular flexibility index (Phi) is 27.9. The number of aromatic nitrogens is 8. The molecule has 0 aromatic carbocycles. The molecule has 2 aliphatic rings. The minimum absolute atomic E-state index is 0.0215. The van der Waals surface area contributed by atoms with E-state index in [0.29, 0.717) is 0 Å². The van der Waals surface area contributed by atoms with E-state index in [9.17, 15) is 50.7 Å². The van der Waals surface area contributed by atoms with Gasteiger partial charge in [-0.2, -0.15) is 26.8 Å². The van der Waals surface area contributed by atoms with Gasteiger partial charge in [0.15, 0.2) is 63.6 Å². The van der Waals surface area contributed by atoms with Gasteiger partial charge in [-0.3, -0.25) is 58.5 Å². The fourth-order valence-electron chi connectivity index (χ4n) is 7.33. The Morgan fingerprint density at radius 2 is 1.02 bits per heavy atom. The van der Waals surface area contributed by atoms with Crippen molar-refractivity contribution in [3.05, 3.63) is 33.4 Å². The lowest BCUT2D eigenvalue weighted by Gasteiger charge is -2.40. The first-order chi connectivity index (χ1) is 42.9. The van der Waals surface area contributed by atoms with Crippen LogP contribution in [0.4, 0.5) is 11.9 Å². The number of hydrogen-bond acceptors (Lipinski definition) is 22. The fraction of sp³-hybridized carbons (Fsp3) is 0.636. The van der Waals surface area contributed by atoms with Crippen molar-refractivity contribution in [3.63, 3.8) is 0 Å². The van der Waals surface area contributed by atoms with E-state index in [1.165, 1.54) is 56.6 Å². The number of amides is 4. The highest BCUT2D eigenvalue weighted by Gasteiger charge is 2.55. The fourth-order valence-corrected chi connectivity index (χ4v) is 12.3. The summed E-state index contributed by atoms with van der Waals surface area (Å²) >= 11 is 3.85. The summed E-state index contributed by atoms with van der Waals surface area (Å²) in [5, 5.41) is 18.2. The number of hydrogen-bond donors (Lipinski definition) is 8. The first-order valence-electron chi connectivity index (χ1n) is 29.3. The second-order valence-electron chi connectivity index (χ2n) is 24.7. The van der Waals surface area contributed by atoms with E-state index in [1.54, 1.807) is 27.7 Å². The minimum Gasteiger partial charge on any atom is -0.408 e. The number of nitrogens with zero attached hydrogens (tertiary/aromatic N) is 6. The van der Waals surface area contributed by atoms with Crippen LogP contribution in [0.1, 0.15) is 118 Å².